The summed E-state index contributed by atoms with van der Waals surface area (Å²) < 4.78 is 0. The number of primary amides is 1. The number of aliphatic carboxylic acids is 1. The summed E-state index contributed by atoms with van der Waals surface area (Å²) in [6.07, 6.45) is -1.11. The molecule has 0 spiro atoms. The van der Waals surface area contributed by atoms with Crippen molar-refractivity contribution < 1.29 is 48.6 Å². The fraction of sp³-hybridized carbons (Fsp3) is 0.700. The predicted molar refractivity (Wildman–Crippen MR) is 181 cm³/mol. The smallest absolute Gasteiger partial charge is 0.326 e. The van der Waals surface area contributed by atoms with Gasteiger partial charge in [-0.25, -0.2) is 4.79 Å². The van der Waals surface area contributed by atoms with Gasteiger partial charge in [-0.15, -0.1) is 0 Å². The van der Waals surface area contributed by atoms with E-state index in [0.29, 0.717) is 6.42 Å². The van der Waals surface area contributed by atoms with Crippen molar-refractivity contribution >= 4 is 53.3 Å². The molecule has 0 aromatic carbocycles. The van der Waals surface area contributed by atoms with Crippen molar-refractivity contribution in [2.45, 2.75) is 109 Å². The summed E-state index contributed by atoms with van der Waals surface area (Å²) in [5.74, 6) is -7.47. The van der Waals surface area contributed by atoms with Crippen LogP contribution in [0.15, 0.2) is 0 Å². The number of nitrogens with zero attached hydrogens (tertiary/aromatic N) is 1. The zero-order valence-corrected chi connectivity index (χ0v) is 29.3. The number of hydrogen-bond acceptors (Lipinski definition) is 11. The predicted octanol–water partition coefficient (Wildman–Crippen LogP) is -4.97. The molecule has 21 heteroatoms. The third-order valence-corrected chi connectivity index (χ3v) is 7.81. The van der Waals surface area contributed by atoms with Gasteiger partial charge in [0, 0.05) is 13.1 Å². The van der Waals surface area contributed by atoms with Gasteiger partial charge in [-0.1, -0.05) is 13.8 Å². The highest BCUT2D eigenvalue weighted by Crippen LogP contribution is 2.20. The van der Waals surface area contributed by atoms with Crippen LogP contribution in [0.3, 0.4) is 0 Å². The molecule has 1 fully saturated rings. The van der Waals surface area contributed by atoms with Crippen LogP contribution in [0.4, 0.5) is 0 Å². The van der Waals surface area contributed by atoms with E-state index in [2.05, 4.69) is 31.9 Å². The third-order valence-electron chi connectivity index (χ3n) is 7.81. The molecule has 0 radical (unpaired) electrons. The van der Waals surface area contributed by atoms with Crippen LogP contribution in [0.5, 0.6) is 0 Å². The molecular weight excluding hydrogens is 674 g/mol. The lowest BCUT2D eigenvalue weighted by Gasteiger charge is -2.30. The molecule has 1 rings (SSSR count). The van der Waals surface area contributed by atoms with Crippen molar-refractivity contribution in [2.75, 3.05) is 19.6 Å². The van der Waals surface area contributed by atoms with Crippen molar-refractivity contribution in [2.24, 2.45) is 23.1 Å². The number of carboxylic acids is 1. The quantitative estimate of drug-likeness (QED) is 0.0300. The van der Waals surface area contributed by atoms with Crippen LogP contribution in [-0.2, 0) is 38.4 Å². The lowest BCUT2D eigenvalue weighted by molar-refractivity contribution is -0.143. The molecule has 7 atom stereocenters. The number of carboxylic acid groups (broad SMARTS) is 1. The number of nitrogens with one attached hydrogen (secondary N) is 7. The summed E-state index contributed by atoms with van der Waals surface area (Å²) in [4.78, 5) is 102. The Hall–Kier alpha value is -5.05. The minimum atomic E-state index is -1.59. The molecule has 0 bridgehead atoms. The van der Waals surface area contributed by atoms with Crippen LogP contribution in [0.2, 0.25) is 0 Å². The highest BCUT2D eigenvalue weighted by molar-refractivity contribution is 5.98. The first-order chi connectivity index (χ1) is 23.8. The number of carbonyl (C=O) groups excluding carboxylic acids is 7. The highest BCUT2D eigenvalue weighted by atomic mass is 16.4. The molecule has 51 heavy (non-hydrogen) atoms. The van der Waals surface area contributed by atoms with Gasteiger partial charge in [0.25, 0.3) is 0 Å². The number of likely N-dealkylation sites (tertiary alicyclic amines) is 1. The van der Waals surface area contributed by atoms with Gasteiger partial charge in [0.1, 0.15) is 36.3 Å². The van der Waals surface area contributed by atoms with E-state index >= 15 is 0 Å². The summed E-state index contributed by atoms with van der Waals surface area (Å²) >= 11 is 0. The van der Waals surface area contributed by atoms with E-state index < -0.39 is 103 Å². The maximum absolute atomic E-state index is 13.5. The molecule has 7 amide bonds. The summed E-state index contributed by atoms with van der Waals surface area (Å²) in [5, 5.41) is 41.6. The summed E-state index contributed by atoms with van der Waals surface area (Å²) in [6.45, 7) is 5.99. The molecule has 1 saturated heterocycles. The average molecular weight is 728 g/mol. The Morgan fingerprint density at radius 1 is 0.863 bits per heavy atom. The monoisotopic (exact) mass is 727 g/mol. The second kappa shape index (κ2) is 21.2. The maximum Gasteiger partial charge on any atom is 0.326 e. The first kappa shape index (κ1) is 44.0. The number of amides is 7. The Bertz CT molecular complexity index is 1300. The topological polar surface area (TPSA) is 354 Å². The zero-order chi connectivity index (χ0) is 39.0. The van der Waals surface area contributed by atoms with Crippen molar-refractivity contribution in [1.29, 1.82) is 5.41 Å². The van der Waals surface area contributed by atoms with Crippen molar-refractivity contribution in [3.8, 4) is 0 Å². The number of nitrogens with two attached hydrogens (primary N) is 3. The van der Waals surface area contributed by atoms with E-state index in [1.807, 2.05) is 0 Å². The van der Waals surface area contributed by atoms with Crippen LogP contribution in [0, 0.1) is 11.3 Å². The van der Waals surface area contributed by atoms with Gasteiger partial charge >= 0.3 is 5.97 Å². The fourth-order valence-corrected chi connectivity index (χ4v) is 5.27. The largest absolute Gasteiger partial charge is 0.480 e. The van der Waals surface area contributed by atoms with Crippen LogP contribution >= 0.6 is 0 Å². The van der Waals surface area contributed by atoms with Gasteiger partial charge in [0.05, 0.1) is 19.1 Å². The summed E-state index contributed by atoms with van der Waals surface area (Å²) in [7, 11) is 0. The Kier molecular flexibility index (Phi) is 18.3. The van der Waals surface area contributed by atoms with E-state index in [4.69, 9.17) is 22.6 Å². The van der Waals surface area contributed by atoms with Crippen molar-refractivity contribution in [3.63, 3.8) is 0 Å². The minimum absolute atomic E-state index is 0.0500. The van der Waals surface area contributed by atoms with Gasteiger partial charge in [-0.05, 0) is 51.9 Å². The van der Waals surface area contributed by atoms with Crippen LogP contribution in [0.1, 0.15) is 66.2 Å². The molecule has 0 unspecified atom stereocenters. The molecule has 1 aliphatic heterocycles. The normalized spacial score (nSPS) is 17.5. The highest BCUT2D eigenvalue weighted by Gasteiger charge is 2.39. The standard InChI is InChI=1S/C30H53N11O10/c1-14(2)11-18(25(46)40-23(16(4)42)27(48)38-17(29(50)51)7-5-9-35-30(33)34)39-26(47)20-8-6-10-41(20)28(49)15(3)36-24(45)19(12-21(32)43)37-22(44)13-31/h14-20,23,42H,5-13,31H2,1-4H3,(H2,32,43)(H,36,45)(H,37,44)(H,38,48)(H,39,47)(H,40,46)(H,50,51)(H4,33,34,35)/t15-,16+,17-,18-,19-,20-,23-/m0/s1. The van der Waals surface area contributed by atoms with E-state index in [0.717, 1.165) is 0 Å². The fourth-order valence-electron chi connectivity index (χ4n) is 5.27. The van der Waals surface area contributed by atoms with Crippen LogP contribution < -0.4 is 49.1 Å². The molecule has 0 aromatic rings. The molecule has 288 valence electrons. The molecular formula is C30H53N11O10. The van der Waals surface area contributed by atoms with Gasteiger partial charge in [-0.2, -0.15) is 0 Å². The number of aliphatic hydroxyl groups excluding tert-OH is 1. The maximum atomic E-state index is 13.5. The van der Waals surface area contributed by atoms with Gasteiger partial charge in [0.15, 0.2) is 5.96 Å². The average Bonchev–Trinajstić information content (AvgIpc) is 3.53. The first-order valence-electron chi connectivity index (χ1n) is 16.6. The minimum Gasteiger partial charge on any atom is -0.480 e. The number of hydrogen-bond donors (Lipinski definition) is 12. The lowest BCUT2D eigenvalue weighted by Crippen LogP contribution is -2.60. The molecule has 21 nitrogen and oxygen atoms in total. The number of guanidine groups is 1. The molecule has 0 saturated carbocycles. The second-order valence-corrected chi connectivity index (χ2v) is 12.7. The Morgan fingerprint density at radius 2 is 1.49 bits per heavy atom. The Labute approximate surface area is 295 Å². The van der Waals surface area contributed by atoms with Crippen molar-refractivity contribution in [3.05, 3.63) is 0 Å². The molecule has 0 aliphatic carbocycles. The van der Waals surface area contributed by atoms with E-state index in [-0.39, 0.29) is 50.7 Å². The van der Waals surface area contributed by atoms with E-state index in [9.17, 15) is 48.6 Å². The van der Waals surface area contributed by atoms with Gasteiger partial charge < -0.3 is 64.2 Å². The number of aliphatic hydroxyl groups is 1. The zero-order valence-electron chi connectivity index (χ0n) is 29.3. The summed E-state index contributed by atoms with van der Waals surface area (Å²) in [6, 6.07) is -7.83. The van der Waals surface area contributed by atoms with E-state index in [1.54, 1.807) is 13.8 Å². The SMILES string of the molecule is CC(C)C[C@H](NC(=O)[C@@H]1CCCN1C(=O)[C@H](C)NC(=O)[C@H](CC(N)=O)NC(=O)CN)C(=O)N[C@H](C(=O)N[C@@H](CCCNC(=N)N)C(=O)O)[C@@H](C)O. The number of carbonyl (C=O) groups is 8. The Balaban J connectivity index is 3.04. The van der Waals surface area contributed by atoms with Crippen LogP contribution in [0.25, 0.3) is 0 Å². The number of rotatable bonds is 21. The lowest BCUT2D eigenvalue weighted by atomic mass is 10.0. The van der Waals surface area contributed by atoms with E-state index in [1.165, 1.54) is 18.7 Å². The molecule has 0 aromatic heterocycles. The molecule has 1 aliphatic rings. The molecule has 1 heterocycles. The second-order valence-electron chi connectivity index (χ2n) is 12.7. The van der Waals surface area contributed by atoms with Gasteiger partial charge in [-0.3, -0.25) is 39.0 Å². The molecule has 15 N–H and O–H groups in total. The third kappa shape index (κ3) is 15.2. The van der Waals surface area contributed by atoms with Crippen molar-refractivity contribution in [1.82, 2.24) is 36.8 Å². The first-order valence-corrected chi connectivity index (χ1v) is 16.6. The summed E-state index contributed by atoms with van der Waals surface area (Å²) in [5.41, 5.74) is 15.7. The van der Waals surface area contributed by atoms with Gasteiger partial charge in [0.2, 0.25) is 41.4 Å². The Morgan fingerprint density at radius 3 is 2.02 bits per heavy atom. The van der Waals surface area contributed by atoms with Crippen LogP contribution in [-0.4, -0.2) is 130 Å².